The number of rotatable bonds is 4. The van der Waals surface area contributed by atoms with E-state index < -0.39 is 0 Å². The first kappa shape index (κ1) is 14.0. The van der Waals surface area contributed by atoms with Crippen molar-refractivity contribution in [3.63, 3.8) is 0 Å². The number of morpholine rings is 1. The van der Waals surface area contributed by atoms with Gasteiger partial charge in [0.25, 0.3) is 0 Å². The van der Waals surface area contributed by atoms with E-state index in [1.807, 2.05) is 24.5 Å². The molecule has 21 heavy (non-hydrogen) atoms. The summed E-state index contributed by atoms with van der Waals surface area (Å²) in [4.78, 5) is 18.0. The zero-order valence-electron chi connectivity index (χ0n) is 12.3. The van der Waals surface area contributed by atoms with Gasteiger partial charge in [0.05, 0.1) is 13.2 Å². The van der Waals surface area contributed by atoms with Crippen LogP contribution in [0.25, 0.3) is 5.95 Å². The van der Waals surface area contributed by atoms with Crippen molar-refractivity contribution in [1.82, 2.24) is 19.7 Å². The fourth-order valence-corrected chi connectivity index (χ4v) is 2.84. The summed E-state index contributed by atoms with van der Waals surface area (Å²) < 4.78 is 7.25. The Balaban J connectivity index is 1.82. The van der Waals surface area contributed by atoms with Crippen LogP contribution in [0.15, 0.2) is 12.4 Å². The van der Waals surface area contributed by atoms with Crippen LogP contribution in [-0.4, -0.2) is 58.4 Å². The lowest BCUT2D eigenvalue weighted by Gasteiger charge is -2.22. The first-order valence-electron chi connectivity index (χ1n) is 7.16. The molecule has 1 saturated heterocycles. The lowest BCUT2D eigenvalue weighted by atomic mass is 10.1. The Morgan fingerprint density at radius 1 is 1.43 bits per heavy atom. The molecular formula is C14H20N5O2+. The third-order valence-corrected chi connectivity index (χ3v) is 3.96. The van der Waals surface area contributed by atoms with Crippen LogP contribution in [-0.2, 0) is 4.74 Å². The lowest BCUT2D eigenvalue weighted by molar-refractivity contribution is -0.899. The molecule has 2 N–H and O–H groups in total. The van der Waals surface area contributed by atoms with Crippen LogP contribution in [0.4, 0.5) is 0 Å². The number of ketones is 1. The van der Waals surface area contributed by atoms with Gasteiger partial charge in [0, 0.05) is 17.0 Å². The molecule has 0 amide bonds. The minimum Gasteiger partial charge on any atom is -0.370 e. The molecule has 0 spiro atoms. The van der Waals surface area contributed by atoms with Crippen LogP contribution in [0.3, 0.4) is 0 Å². The molecule has 1 aliphatic heterocycles. The van der Waals surface area contributed by atoms with E-state index in [1.165, 1.54) is 11.2 Å². The van der Waals surface area contributed by atoms with Crippen LogP contribution < -0.4 is 4.90 Å². The predicted octanol–water partition coefficient (Wildman–Crippen LogP) is -0.690. The molecule has 0 unspecified atom stereocenters. The molecule has 7 nitrogen and oxygen atoms in total. The number of carbonyl (C=O) groups excluding carboxylic acids is 1. The second-order valence-electron chi connectivity index (χ2n) is 5.39. The molecule has 1 aliphatic rings. The number of quaternary nitrogens is 1. The first-order valence-corrected chi connectivity index (χ1v) is 7.16. The number of nitrogens with zero attached hydrogens (tertiary/aromatic N) is 3. The van der Waals surface area contributed by atoms with Gasteiger partial charge in [-0.05, 0) is 19.9 Å². The summed E-state index contributed by atoms with van der Waals surface area (Å²) in [5.74, 6) is 0.813. The minimum atomic E-state index is 0.172. The highest BCUT2D eigenvalue weighted by Crippen LogP contribution is 2.18. The third kappa shape index (κ3) is 2.74. The predicted molar refractivity (Wildman–Crippen MR) is 75.9 cm³/mol. The number of H-pyrrole nitrogens is 1. The van der Waals surface area contributed by atoms with Crippen molar-refractivity contribution >= 4 is 5.78 Å². The molecule has 0 atom stereocenters. The number of aromatic nitrogens is 4. The second-order valence-corrected chi connectivity index (χ2v) is 5.39. The largest absolute Gasteiger partial charge is 0.370 e. The molecule has 0 radical (unpaired) electrons. The maximum atomic E-state index is 12.5. The topological polar surface area (TPSA) is 77.2 Å². The number of aryl methyl sites for hydroxylation is 1. The summed E-state index contributed by atoms with van der Waals surface area (Å²) in [6, 6.07) is 1.93. The van der Waals surface area contributed by atoms with Crippen LogP contribution in [0.2, 0.25) is 0 Å². The van der Waals surface area contributed by atoms with Crippen molar-refractivity contribution in [3.05, 3.63) is 29.3 Å². The summed E-state index contributed by atoms with van der Waals surface area (Å²) in [5, 5.41) is 6.71. The smallest absolute Gasteiger partial charge is 0.229 e. The SMILES string of the molecule is Cc1cc(C(=O)C[NH+]2CCOCC2)c(C)n1-c1ncn[nH]1. The van der Waals surface area contributed by atoms with Gasteiger partial charge in [0.15, 0.2) is 0 Å². The summed E-state index contributed by atoms with van der Waals surface area (Å²) in [6.45, 7) is 7.69. The summed E-state index contributed by atoms with van der Waals surface area (Å²) in [7, 11) is 0. The molecule has 0 aliphatic carbocycles. The zero-order chi connectivity index (χ0) is 14.8. The van der Waals surface area contributed by atoms with Gasteiger partial charge in [-0.2, -0.15) is 10.1 Å². The first-order chi connectivity index (χ1) is 10.2. The van der Waals surface area contributed by atoms with Crippen LogP contribution >= 0.6 is 0 Å². The van der Waals surface area contributed by atoms with Crippen molar-refractivity contribution in [2.24, 2.45) is 0 Å². The van der Waals surface area contributed by atoms with Crippen molar-refractivity contribution < 1.29 is 14.4 Å². The Bertz CT molecular complexity index is 626. The number of ether oxygens (including phenoxy) is 1. The van der Waals surface area contributed by atoms with Gasteiger partial charge in [-0.25, -0.2) is 5.10 Å². The number of hydrogen-bond donors (Lipinski definition) is 2. The molecule has 7 heteroatoms. The Hall–Kier alpha value is -1.99. The van der Waals surface area contributed by atoms with E-state index in [2.05, 4.69) is 15.2 Å². The summed E-state index contributed by atoms with van der Waals surface area (Å²) in [6.07, 6.45) is 1.47. The third-order valence-electron chi connectivity index (χ3n) is 3.96. The molecule has 3 heterocycles. The maximum Gasteiger partial charge on any atom is 0.229 e. The van der Waals surface area contributed by atoms with Gasteiger partial charge in [-0.3, -0.25) is 9.36 Å². The Morgan fingerprint density at radius 2 is 2.19 bits per heavy atom. The zero-order valence-corrected chi connectivity index (χ0v) is 12.3. The van der Waals surface area contributed by atoms with Crippen molar-refractivity contribution in [1.29, 1.82) is 0 Å². The molecule has 1 fully saturated rings. The number of carbonyl (C=O) groups is 1. The second kappa shape index (κ2) is 5.79. The monoisotopic (exact) mass is 290 g/mol. The Morgan fingerprint density at radius 3 is 2.86 bits per heavy atom. The standard InChI is InChI=1S/C14H19N5O2/c1-10-7-12(11(2)19(10)14-15-9-16-17-14)13(20)8-18-3-5-21-6-4-18/h7,9H,3-6,8H2,1-2H3,(H,15,16,17)/p+1. The Kier molecular flexibility index (Phi) is 3.85. The van der Waals surface area contributed by atoms with Gasteiger partial charge in [-0.15, -0.1) is 0 Å². The average molecular weight is 290 g/mol. The Labute approximate surface area is 122 Å². The van der Waals surface area contributed by atoms with E-state index in [1.54, 1.807) is 0 Å². The van der Waals surface area contributed by atoms with Crippen molar-refractivity contribution in [3.8, 4) is 5.95 Å². The normalized spacial score (nSPS) is 16.3. The van der Waals surface area contributed by atoms with E-state index >= 15 is 0 Å². The maximum absolute atomic E-state index is 12.5. The quantitative estimate of drug-likeness (QED) is 0.731. The molecule has 3 rings (SSSR count). The highest BCUT2D eigenvalue weighted by molar-refractivity contribution is 5.98. The van der Waals surface area contributed by atoms with E-state index in [0.29, 0.717) is 12.5 Å². The van der Waals surface area contributed by atoms with Gasteiger partial charge < -0.3 is 9.64 Å². The van der Waals surface area contributed by atoms with Gasteiger partial charge in [0.1, 0.15) is 26.0 Å². The number of hydrogen-bond acceptors (Lipinski definition) is 4. The highest BCUT2D eigenvalue weighted by Gasteiger charge is 2.23. The van der Waals surface area contributed by atoms with E-state index in [4.69, 9.17) is 4.74 Å². The molecule has 0 aromatic carbocycles. The molecule has 2 aromatic heterocycles. The average Bonchev–Trinajstić information content (AvgIpc) is 3.08. The minimum absolute atomic E-state index is 0.172. The van der Waals surface area contributed by atoms with Crippen LogP contribution in [0.1, 0.15) is 21.7 Å². The molecule has 0 saturated carbocycles. The van der Waals surface area contributed by atoms with E-state index in [0.717, 1.165) is 43.3 Å². The summed E-state index contributed by atoms with van der Waals surface area (Å²) in [5.41, 5.74) is 2.65. The van der Waals surface area contributed by atoms with Crippen LogP contribution in [0.5, 0.6) is 0 Å². The molecule has 0 bridgehead atoms. The number of Topliss-reactive ketones (excluding diaryl/α,β-unsaturated/α-hetero) is 1. The van der Waals surface area contributed by atoms with E-state index in [9.17, 15) is 4.79 Å². The van der Waals surface area contributed by atoms with Gasteiger partial charge >= 0.3 is 0 Å². The number of nitrogens with one attached hydrogen (secondary N) is 2. The molecular weight excluding hydrogens is 270 g/mol. The summed E-state index contributed by atoms with van der Waals surface area (Å²) >= 11 is 0. The fourth-order valence-electron chi connectivity index (χ4n) is 2.84. The molecule has 2 aromatic rings. The van der Waals surface area contributed by atoms with Gasteiger partial charge in [-0.1, -0.05) is 0 Å². The van der Waals surface area contributed by atoms with Crippen molar-refractivity contribution in [2.45, 2.75) is 13.8 Å². The van der Waals surface area contributed by atoms with Crippen molar-refractivity contribution in [2.75, 3.05) is 32.8 Å². The lowest BCUT2D eigenvalue weighted by Crippen LogP contribution is -3.14. The molecule has 112 valence electrons. The highest BCUT2D eigenvalue weighted by atomic mass is 16.5. The number of aromatic amines is 1. The fraction of sp³-hybridized carbons (Fsp3) is 0.500. The van der Waals surface area contributed by atoms with E-state index in [-0.39, 0.29) is 5.78 Å². The van der Waals surface area contributed by atoms with Crippen LogP contribution in [0, 0.1) is 13.8 Å². The van der Waals surface area contributed by atoms with Gasteiger partial charge in [0.2, 0.25) is 11.7 Å².